The summed E-state index contributed by atoms with van der Waals surface area (Å²) in [4.78, 5) is 4.71. The summed E-state index contributed by atoms with van der Waals surface area (Å²) >= 11 is 0. The lowest BCUT2D eigenvalue weighted by Gasteiger charge is -2.25. The van der Waals surface area contributed by atoms with Crippen LogP contribution in [0.25, 0.3) is 0 Å². The average molecular weight is 313 g/mol. The summed E-state index contributed by atoms with van der Waals surface area (Å²) in [5, 5.41) is 4.20. The molecule has 4 nitrogen and oxygen atoms in total. The molecule has 3 rings (SSSR count). The van der Waals surface area contributed by atoms with Crippen molar-refractivity contribution >= 4 is 5.69 Å². The molecule has 1 atom stereocenters. The van der Waals surface area contributed by atoms with Crippen molar-refractivity contribution in [3.8, 4) is 0 Å². The van der Waals surface area contributed by atoms with E-state index >= 15 is 0 Å². The van der Waals surface area contributed by atoms with Crippen molar-refractivity contribution in [2.24, 2.45) is 0 Å². The topological polar surface area (TPSA) is 32.5 Å². The monoisotopic (exact) mass is 313 g/mol. The summed E-state index contributed by atoms with van der Waals surface area (Å²) < 4.78 is 5.52. The van der Waals surface area contributed by atoms with Gasteiger partial charge in [0.1, 0.15) is 5.76 Å². The largest absolute Gasteiger partial charge is 0.378 e. The van der Waals surface area contributed by atoms with Gasteiger partial charge in [-0.3, -0.25) is 4.90 Å². The molecular formula is C19H27N3O. The molecule has 0 saturated carbocycles. The Labute approximate surface area is 139 Å². The van der Waals surface area contributed by atoms with Gasteiger partial charge in [0.25, 0.3) is 0 Å². The van der Waals surface area contributed by atoms with Gasteiger partial charge in [0.15, 0.2) is 0 Å². The number of nitrogens with zero attached hydrogens (tertiary/aromatic N) is 3. The molecule has 1 unspecified atom stereocenters. The Hall–Kier alpha value is -1.81. The molecule has 1 aliphatic rings. The van der Waals surface area contributed by atoms with Crippen molar-refractivity contribution in [1.29, 1.82) is 0 Å². The maximum Gasteiger partial charge on any atom is 0.141 e. The molecule has 1 aromatic carbocycles. The summed E-state index contributed by atoms with van der Waals surface area (Å²) in [6.45, 7) is 6.35. The first kappa shape index (κ1) is 16.1. The quantitative estimate of drug-likeness (QED) is 0.837. The van der Waals surface area contributed by atoms with Crippen molar-refractivity contribution in [1.82, 2.24) is 10.1 Å². The number of rotatable bonds is 5. The third-order valence-electron chi connectivity index (χ3n) is 4.84. The molecule has 0 spiro atoms. The van der Waals surface area contributed by atoms with Gasteiger partial charge in [0.05, 0.1) is 5.69 Å². The third-order valence-corrected chi connectivity index (χ3v) is 4.84. The van der Waals surface area contributed by atoms with Gasteiger partial charge in [0, 0.05) is 44.4 Å². The van der Waals surface area contributed by atoms with Gasteiger partial charge in [0.2, 0.25) is 0 Å². The summed E-state index contributed by atoms with van der Waals surface area (Å²) in [7, 11) is 4.15. The molecule has 0 radical (unpaired) electrons. The Balaban J connectivity index is 1.78. The van der Waals surface area contributed by atoms with Gasteiger partial charge in [-0.05, 0) is 44.0 Å². The lowest BCUT2D eigenvalue weighted by atomic mass is 10.0. The van der Waals surface area contributed by atoms with Crippen LogP contribution >= 0.6 is 0 Å². The molecule has 1 aromatic heterocycles. The van der Waals surface area contributed by atoms with E-state index in [1.54, 1.807) is 0 Å². The van der Waals surface area contributed by atoms with Crippen LogP contribution in [0.5, 0.6) is 0 Å². The molecule has 0 N–H and O–H groups in total. The minimum absolute atomic E-state index is 0.449. The predicted octanol–water partition coefficient (Wildman–Crippen LogP) is 3.95. The van der Waals surface area contributed by atoms with Crippen LogP contribution in [0, 0.1) is 6.92 Å². The minimum Gasteiger partial charge on any atom is -0.378 e. The zero-order valence-corrected chi connectivity index (χ0v) is 14.7. The minimum atomic E-state index is 0.449. The molecule has 4 heteroatoms. The van der Waals surface area contributed by atoms with Crippen LogP contribution in [-0.4, -0.2) is 30.7 Å². The average Bonchev–Trinajstić information content (AvgIpc) is 3.13. The first-order valence-electron chi connectivity index (χ1n) is 8.55. The standard InChI is InChI=1S/C19H27N3O/c1-5-18-19(14(2)20-23-18)17-7-6-12-22(17)13-15-8-10-16(11-9-15)21(3)4/h8-11,17H,5-7,12-13H2,1-4H3. The number of aryl methyl sites for hydroxylation is 2. The fraction of sp³-hybridized carbons (Fsp3) is 0.526. The van der Waals surface area contributed by atoms with Crippen molar-refractivity contribution in [2.45, 2.75) is 45.7 Å². The Morgan fingerprint density at radius 2 is 2.00 bits per heavy atom. The van der Waals surface area contributed by atoms with Crippen molar-refractivity contribution in [2.75, 3.05) is 25.5 Å². The maximum atomic E-state index is 5.52. The van der Waals surface area contributed by atoms with Crippen LogP contribution in [0.4, 0.5) is 5.69 Å². The second-order valence-corrected chi connectivity index (χ2v) is 6.65. The van der Waals surface area contributed by atoms with Crippen LogP contribution in [0.2, 0.25) is 0 Å². The second-order valence-electron chi connectivity index (χ2n) is 6.65. The van der Waals surface area contributed by atoms with Gasteiger partial charge >= 0.3 is 0 Å². The van der Waals surface area contributed by atoms with E-state index in [4.69, 9.17) is 4.52 Å². The number of benzene rings is 1. The Morgan fingerprint density at radius 1 is 1.26 bits per heavy atom. The van der Waals surface area contributed by atoms with Crippen molar-refractivity contribution in [3.63, 3.8) is 0 Å². The van der Waals surface area contributed by atoms with E-state index in [1.165, 1.54) is 29.7 Å². The van der Waals surface area contributed by atoms with Gasteiger partial charge in [-0.15, -0.1) is 0 Å². The van der Waals surface area contributed by atoms with E-state index in [1.807, 2.05) is 0 Å². The van der Waals surface area contributed by atoms with Crippen molar-refractivity contribution in [3.05, 3.63) is 46.8 Å². The number of likely N-dealkylation sites (tertiary alicyclic amines) is 1. The molecule has 1 saturated heterocycles. The predicted molar refractivity (Wildman–Crippen MR) is 93.8 cm³/mol. The molecule has 23 heavy (non-hydrogen) atoms. The number of hydrogen-bond donors (Lipinski definition) is 0. The SMILES string of the molecule is CCc1onc(C)c1C1CCCN1Cc1ccc(N(C)C)cc1. The molecule has 0 amide bonds. The second kappa shape index (κ2) is 6.75. The first-order chi connectivity index (χ1) is 11.1. The first-order valence-corrected chi connectivity index (χ1v) is 8.55. The van der Waals surface area contributed by atoms with Crippen LogP contribution in [0.1, 0.15) is 48.4 Å². The highest BCUT2D eigenvalue weighted by Gasteiger charge is 2.31. The van der Waals surface area contributed by atoms with Crippen molar-refractivity contribution < 1.29 is 4.52 Å². The van der Waals surface area contributed by atoms with E-state index in [-0.39, 0.29) is 0 Å². The van der Waals surface area contributed by atoms with Gasteiger partial charge < -0.3 is 9.42 Å². The fourth-order valence-corrected chi connectivity index (χ4v) is 3.58. The molecule has 2 heterocycles. The third kappa shape index (κ3) is 3.27. The molecule has 1 aliphatic heterocycles. The van der Waals surface area contributed by atoms with E-state index < -0.39 is 0 Å². The van der Waals surface area contributed by atoms with Gasteiger partial charge in [-0.2, -0.15) is 0 Å². The Morgan fingerprint density at radius 3 is 2.65 bits per heavy atom. The highest BCUT2D eigenvalue weighted by atomic mass is 16.5. The zero-order chi connectivity index (χ0) is 16.4. The lowest BCUT2D eigenvalue weighted by Crippen LogP contribution is -2.23. The lowest BCUT2D eigenvalue weighted by molar-refractivity contribution is 0.245. The smallest absolute Gasteiger partial charge is 0.141 e. The molecule has 2 aromatic rings. The normalized spacial score (nSPS) is 18.5. The number of aromatic nitrogens is 1. The van der Waals surface area contributed by atoms with Crippen LogP contribution in [-0.2, 0) is 13.0 Å². The van der Waals surface area contributed by atoms with E-state index in [9.17, 15) is 0 Å². The summed E-state index contributed by atoms with van der Waals surface area (Å²) in [6.07, 6.45) is 3.36. The highest BCUT2D eigenvalue weighted by molar-refractivity contribution is 5.46. The van der Waals surface area contributed by atoms with Crippen LogP contribution < -0.4 is 4.90 Å². The number of hydrogen-bond acceptors (Lipinski definition) is 4. The van der Waals surface area contributed by atoms with E-state index in [2.05, 4.69) is 67.2 Å². The van der Waals surface area contributed by atoms with E-state index in [0.717, 1.165) is 31.0 Å². The fourth-order valence-electron chi connectivity index (χ4n) is 3.58. The molecular weight excluding hydrogens is 286 g/mol. The zero-order valence-electron chi connectivity index (χ0n) is 14.7. The Bertz CT molecular complexity index is 645. The highest BCUT2D eigenvalue weighted by Crippen LogP contribution is 2.37. The summed E-state index contributed by atoms with van der Waals surface area (Å²) in [6, 6.07) is 9.33. The van der Waals surface area contributed by atoms with Gasteiger partial charge in [-0.1, -0.05) is 24.2 Å². The van der Waals surface area contributed by atoms with Crippen LogP contribution in [0.3, 0.4) is 0 Å². The molecule has 0 aliphatic carbocycles. The maximum absolute atomic E-state index is 5.52. The Kier molecular flexibility index (Phi) is 4.71. The molecule has 0 bridgehead atoms. The van der Waals surface area contributed by atoms with Gasteiger partial charge in [-0.25, -0.2) is 0 Å². The molecule has 124 valence electrons. The van der Waals surface area contributed by atoms with Crippen LogP contribution in [0.15, 0.2) is 28.8 Å². The summed E-state index contributed by atoms with van der Waals surface area (Å²) in [5.74, 6) is 1.06. The summed E-state index contributed by atoms with van der Waals surface area (Å²) in [5.41, 5.74) is 5.00. The number of anilines is 1. The molecule has 1 fully saturated rings. The van der Waals surface area contributed by atoms with E-state index in [0.29, 0.717) is 6.04 Å².